The van der Waals surface area contributed by atoms with Crippen molar-refractivity contribution in [3.63, 3.8) is 0 Å². The Morgan fingerprint density at radius 2 is 2.14 bits per heavy atom. The van der Waals surface area contributed by atoms with Gasteiger partial charge in [-0.15, -0.1) is 0 Å². The highest BCUT2D eigenvalue weighted by atomic mass is 16.2. The first-order chi connectivity index (χ1) is 6.68. The monoisotopic (exact) mass is 196 g/mol. The van der Waals surface area contributed by atoms with Gasteiger partial charge in [-0.05, 0) is 32.4 Å². The average Bonchev–Trinajstić information content (AvgIpc) is 2.52. The van der Waals surface area contributed by atoms with Gasteiger partial charge in [0.2, 0.25) is 5.91 Å². The third-order valence-electron chi connectivity index (χ3n) is 3.57. The Morgan fingerprint density at radius 3 is 2.71 bits per heavy atom. The molecule has 0 aromatic carbocycles. The van der Waals surface area contributed by atoms with Crippen LogP contribution < -0.4 is 0 Å². The van der Waals surface area contributed by atoms with Crippen LogP contribution in [0.5, 0.6) is 0 Å². The second-order valence-electron chi connectivity index (χ2n) is 4.79. The minimum Gasteiger partial charge on any atom is -0.339 e. The molecule has 0 N–H and O–H groups in total. The molecule has 80 valence electrons. The molecule has 2 aliphatic rings. The Bertz CT molecular complexity index is 229. The molecular formula is C11H20N2O. The molecule has 0 aromatic rings. The van der Waals surface area contributed by atoms with Crippen LogP contribution in [0.15, 0.2) is 0 Å². The number of nitrogens with zero attached hydrogens (tertiary/aromatic N) is 2. The van der Waals surface area contributed by atoms with Crippen molar-refractivity contribution in [2.45, 2.75) is 32.2 Å². The van der Waals surface area contributed by atoms with Gasteiger partial charge < -0.3 is 9.80 Å². The Labute approximate surface area is 86.1 Å². The predicted octanol–water partition coefficient (Wildman–Crippen LogP) is 0.949. The third-order valence-corrected chi connectivity index (χ3v) is 3.57. The lowest BCUT2D eigenvalue weighted by Crippen LogP contribution is -2.49. The van der Waals surface area contributed by atoms with Gasteiger partial charge in [0.25, 0.3) is 0 Å². The first-order valence-corrected chi connectivity index (χ1v) is 5.66. The van der Waals surface area contributed by atoms with Gasteiger partial charge >= 0.3 is 0 Å². The van der Waals surface area contributed by atoms with Crippen molar-refractivity contribution >= 4 is 5.91 Å². The first kappa shape index (κ1) is 9.97. The Morgan fingerprint density at radius 1 is 1.36 bits per heavy atom. The zero-order chi connectivity index (χ0) is 10.1. The molecule has 0 aromatic heterocycles. The molecule has 2 atom stereocenters. The fraction of sp³-hybridized carbons (Fsp3) is 0.909. The van der Waals surface area contributed by atoms with Crippen molar-refractivity contribution in [2.75, 3.05) is 26.7 Å². The van der Waals surface area contributed by atoms with E-state index < -0.39 is 0 Å². The molecule has 3 heteroatoms. The van der Waals surface area contributed by atoms with Crippen molar-refractivity contribution < 1.29 is 4.79 Å². The van der Waals surface area contributed by atoms with Gasteiger partial charge in [0.1, 0.15) is 0 Å². The zero-order valence-electron chi connectivity index (χ0n) is 9.20. The zero-order valence-corrected chi connectivity index (χ0v) is 9.20. The van der Waals surface area contributed by atoms with Crippen molar-refractivity contribution in [3.05, 3.63) is 0 Å². The highest BCUT2D eigenvalue weighted by molar-refractivity contribution is 5.78. The Hall–Kier alpha value is -0.570. The molecular weight excluding hydrogens is 176 g/mol. The normalized spacial score (nSPS) is 35.3. The fourth-order valence-electron chi connectivity index (χ4n) is 2.82. The van der Waals surface area contributed by atoms with Gasteiger partial charge in [0, 0.05) is 25.6 Å². The quantitative estimate of drug-likeness (QED) is 0.623. The van der Waals surface area contributed by atoms with Crippen molar-refractivity contribution in [1.29, 1.82) is 0 Å². The molecule has 0 aliphatic carbocycles. The van der Waals surface area contributed by atoms with Gasteiger partial charge in [-0.2, -0.15) is 0 Å². The summed E-state index contributed by atoms with van der Waals surface area (Å²) < 4.78 is 0. The highest BCUT2D eigenvalue weighted by Gasteiger charge is 2.33. The van der Waals surface area contributed by atoms with Crippen LogP contribution in [0.4, 0.5) is 0 Å². The summed E-state index contributed by atoms with van der Waals surface area (Å²) in [4.78, 5) is 16.1. The second-order valence-corrected chi connectivity index (χ2v) is 4.79. The van der Waals surface area contributed by atoms with Gasteiger partial charge in [0.15, 0.2) is 0 Å². The number of rotatable bonds is 1. The van der Waals surface area contributed by atoms with E-state index in [2.05, 4.69) is 23.8 Å². The summed E-state index contributed by atoms with van der Waals surface area (Å²) in [5.41, 5.74) is 0. The fourth-order valence-corrected chi connectivity index (χ4v) is 2.82. The molecule has 1 amide bonds. The first-order valence-electron chi connectivity index (χ1n) is 5.66. The lowest BCUT2D eigenvalue weighted by molar-refractivity contribution is -0.131. The summed E-state index contributed by atoms with van der Waals surface area (Å²) in [6, 6.07) is 0.515. The standard InChI is InChI=1S/C11H20N2O/c1-9-8-12(2)7-5-10(9)13-6-3-4-11(13)14/h9-10H,3-8H2,1-2H3. The van der Waals surface area contributed by atoms with E-state index >= 15 is 0 Å². The van der Waals surface area contributed by atoms with Crippen LogP contribution in [0.2, 0.25) is 0 Å². The summed E-state index contributed by atoms with van der Waals surface area (Å²) in [5.74, 6) is 1.02. The van der Waals surface area contributed by atoms with E-state index in [4.69, 9.17) is 0 Å². The average molecular weight is 196 g/mol. The van der Waals surface area contributed by atoms with Crippen LogP contribution in [0.1, 0.15) is 26.2 Å². The predicted molar refractivity (Wildman–Crippen MR) is 56.0 cm³/mol. The SMILES string of the molecule is CC1CN(C)CCC1N1CCCC1=O. The molecule has 0 radical (unpaired) electrons. The van der Waals surface area contributed by atoms with Crippen LogP contribution in [-0.2, 0) is 4.79 Å². The number of hydrogen-bond donors (Lipinski definition) is 0. The minimum absolute atomic E-state index is 0.381. The van der Waals surface area contributed by atoms with E-state index in [1.54, 1.807) is 0 Å². The number of carbonyl (C=O) groups excluding carboxylic acids is 1. The number of amides is 1. The van der Waals surface area contributed by atoms with Crippen molar-refractivity contribution in [1.82, 2.24) is 9.80 Å². The van der Waals surface area contributed by atoms with E-state index in [9.17, 15) is 4.79 Å². The topological polar surface area (TPSA) is 23.6 Å². The van der Waals surface area contributed by atoms with E-state index in [0.717, 1.165) is 38.9 Å². The maximum absolute atomic E-state index is 11.6. The minimum atomic E-state index is 0.381. The largest absolute Gasteiger partial charge is 0.339 e. The van der Waals surface area contributed by atoms with Crippen molar-refractivity contribution in [2.24, 2.45) is 5.92 Å². The third kappa shape index (κ3) is 1.78. The molecule has 2 aliphatic heterocycles. The van der Waals surface area contributed by atoms with E-state index in [1.807, 2.05) is 0 Å². The van der Waals surface area contributed by atoms with Gasteiger partial charge in [-0.3, -0.25) is 4.79 Å². The molecule has 0 spiro atoms. The van der Waals surface area contributed by atoms with Crippen LogP contribution in [0.25, 0.3) is 0 Å². The molecule has 2 unspecified atom stereocenters. The summed E-state index contributed by atoms with van der Waals surface area (Å²) >= 11 is 0. The number of carbonyl (C=O) groups is 1. The molecule has 2 saturated heterocycles. The number of likely N-dealkylation sites (tertiary alicyclic amines) is 2. The lowest BCUT2D eigenvalue weighted by atomic mass is 9.93. The Kier molecular flexibility index (Phi) is 2.77. The Balaban J connectivity index is 2.00. The highest BCUT2D eigenvalue weighted by Crippen LogP contribution is 2.25. The summed E-state index contributed by atoms with van der Waals surface area (Å²) in [5, 5.41) is 0. The molecule has 14 heavy (non-hydrogen) atoms. The van der Waals surface area contributed by atoms with Crippen LogP contribution in [0.3, 0.4) is 0 Å². The lowest BCUT2D eigenvalue weighted by Gasteiger charge is -2.39. The summed E-state index contributed by atoms with van der Waals surface area (Å²) in [6.07, 6.45) is 3.00. The summed E-state index contributed by atoms with van der Waals surface area (Å²) in [6.45, 7) is 5.54. The molecule has 2 fully saturated rings. The number of hydrogen-bond acceptors (Lipinski definition) is 2. The maximum Gasteiger partial charge on any atom is 0.222 e. The number of piperidine rings is 1. The van der Waals surface area contributed by atoms with E-state index in [-0.39, 0.29) is 0 Å². The van der Waals surface area contributed by atoms with E-state index in [1.165, 1.54) is 0 Å². The van der Waals surface area contributed by atoms with Crippen molar-refractivity contribution in [3.8, 4) is 0 Å². The molecule has 0 bridgehead atoms. The van der Waals surface area contributed by atoms with Gasteiger partial charge in [0.05, 0.1) is 0 Å². The summed E-state index contributed by atoms with van der Waals surface area (Å²) in [7, 11) is 2.17. The molecule has 3 nitrogen and oxygen atoms in total. The molecule has 2 rings (SSSR count). The maximum atomic E-state index is 11.6. The van der Waals surface area contributed by atoms with Crippen LogP contribution >= 0.6 is 0 Å². The van der Waals surface area contributed by atoms with E-state index in [0.29, 0.717) is 17.9 Å². The molecule has 0 saturated carbocycles. The molecule has 2 heterocycles. The van der Waals surface area contributed by atoms with Crippen LogP contribution in [0, 0.1) is 5.92 Å². The second kappa shape index (κ2) is 3.89. The van der Waals surface area contributed by atoms with Gasteiger partial charge in [-0.25, -0.2) is 0 Å². The smallest absolute Gasteiger partial charge is 0.222 e. The van der Waals surface area contributed by atoms with Crippen LogP contribution in [-0.4, -0.2) is 48.4 Å². The van der Waals surface area contributed by atoms with Gasteiger partial charge in [-0.1, -0.05) is 6.92 Å².